The number of carbonyl (C=O) groups excluding carboxylic acids is 1. The van der Waals surface area contributed by atoms with Crippen molar-refractivity contribution in [2.45, 2.75) is 13.8 Å². The molecule has 0 heterocycles. The zero-order valence-corrected chi connectivity index (χ0v) is 8.93. The molecule has 0 aliphatic heterocycles. The average Bonchev–Trinajstić information content (AvgIpc) is 2.26. The molecule has 0 aliphatic carbocycles. The van der Waals surface area contributed by atoms with E-state index in [0.717, 1.165) is 5.56 Å². The minimum atomic E-state index is -1.44. The van der Waals surface area contributed by atoms with Gasteiger partial charge in [-0.2, -0.15) is 10.2 Å². The summed E-state index contributed by atoms with van der Waals surface area (Å²) in [6.07, 6.45) is 0. The van der Waals surface area contributed by atoms with Gasteiger partial charge in [0.15, 0.2) is 0 Å². The fraction of sp³-hybridized carbons (Fsp3) is 0.182. The lowest BCUT2D eigenvalue weighted by molar-refractivity contribution is -0.294. The number of nitrogens with zero attached hydrogens (tertiary/aromatic N) is 2. The molecule has 0 unspecified atom stereocenters. The van der Waals surface area contributed by atoms with Gasteiger partial charge in [0, 0.05) is 5.90 Å². The Kier molecular flexibility index (Phi) is 3.77. The van der Waals surface area contributed by atoms with Gasteiger partial charge in [0.05, 0.1) is 11.7 Å². The summed E-state index contributed by atoms with van der Waals surface area (Å²) in [4.78, 5) is 10.3. The Hall–Kier alpha value is -2.17. The molecule has 0 aliphatic rings. The number of aliphatic carboxylic acids is 1. The molecule has 16 heavy (non-hydrogen) atoms. The minimum absolute atomic E-state index is 0.333. The fourth-order valence-corrected chi connectivity index (χ4v) is 0.915. The van der Waals surface area contributed by atoms with Crippen molar-refractivity contribution in [3.05, 3.63) is 35.4 Å². The van der Waals surface area contributed by atoms with Crippen molar-refractivity contribution in [3.8, 4) is 0 Å². The smallest absolute Gasteiger partial charge is 0.0874 e. The second kappa shape index (κ2) is 5.06. The van der Waals surface area contributed by atoms with Gasteiger partial charge in [-0.1, -0.05) is 29.8 Å². The predicted molar refractivity (Wildman–Crippen MR) is 55.8 cm³/mol. The van der Waals surface area contributed by atoms with E-state index >= 15 is 0 Å². The van der Waals surface area contributed by atoms with Crippen molar-refractivity contribution >= 4 is 17.6 Å². The van der Waals surface area contributed by atoms with Crippen LogP contribution >= 0.6 is 0 Å². The van der Waals surface area contributed by atoms with Crippen LogP contribution in [0.5, 0.6) is 0 Å². The summed E-state index contributed by atoms with van der Waals surface area (Å²) in [7, 11) is 0. The number of benzene rings is 1. The van der Waals surface area contributed by atoms with Gasteiger partial charge < -0.3 is 15.0 Å². The van der Waals surface area contributed by atoms with E-state index in [0.29, 0.717) is 5.56 Å². The normalized spacial score (nSPS) is 12.6. The third-order valence-corrected chi connectivity index (χ3v) is 1.88. The lowest BCUT2D eigenvalue weighted by Crippen LogP contribution is -2.29. The summed E-state index contributed by atoms with van der Waals surface area (Å²) in [5.74, 6) is -2.03. The Labute approximate surface area is 92.8 Å². The van der Waals surface area contributed by atoms with Gasteiger partial charge >= 0.3 is 0 Å². The summed E-state index contributed by atoms with van der Waals surface area (Å²) in [5, 5.41) is 28.2. The maximum atomic E-state index is 11.4. The van der Waals surface area contributed by atoms with Crippen molar-refractivity contribution in [2.75, 3.05) is 0 Å². The number of hydrogen-bond acceptors (Lipinski definition) is 5. The Balaban J connectivity index is 2.90. The van der Waals surface area contributed by atoms with E-state index in [1.54, 1.807) is 24.3 Å². The Morgan fingerprint density at radius 2 is 1.69 bits per heavy atom. The van der Waals surface area contributed by atoms with Crippen molar-refractivity contribution in [3.63, 3.8) is 0 Å². The van der Waals surface area contributed by atoms with E-state index in [1.807, 2.05) is 6.92 Å². The zero-order valence-electron chi connectivity index (χ0n) is 8.93. The molecule has 0 N–H and O–H groups in total. The maximum Gasteiger partial charge on any atom is 0.0874 e. The highest BCUT2D eigenvalue weighted by Gasteiger charge is 1.92. The summed E-state index contributed by atoms with van der Waals surface area (Å²) < 4.78 is 0. The van der Waals surface area contributed by atoms with Crippen molar-refractivity contribution < 1.29 is 15.0 Å². The largest absolute Gasteiger partial charge is 0.857 e. The first-order valence-electron chi connectivity index (χ1n) is 4.58. The third kappa shape index (κ3) is 3.20. The van der Waals surface area contributed by atoms with E-state index in [-0.39, 0.29) is 5.71 Å². The van der Waals surface area contributed by atoms with Crippen LogP contribution in [-0.4, -0.2) is 17.6 Å². The average molecular weight is 218 g/mol. The lowest BCUT2D eigenvalue weighted by atomic mass is 10.1. The SMILES string of the molecule is C/C(=N/N=C([O-])c1ccc(C)cc1)C(=O)[O-]. The summed E-state index contributed by atoms with van der Waals surface area (Å²) in [5.41, 5.74) is 1.05. The second-order valence-electron chi connectivity index (χ2n) is 3.24. The van der Waals surface area contributed by atoms with Crippen LogP contribution in [0.4, 0.5) is 0 Å². The molecule has 1 aromatic carbocycles. The van der Waals surface area contributed by atoms with Crippen molar-refractivity contribution in [1.29, 1.82) is 0 Å². The van der Waals surface area contributed by atoms with Crippen LogP contribution in [0.1, 0.15) is 18.1 Å². The molecule has 0 radical (unpaired) electrons. The van der Waals surface area contributed by atoms with Crippen LogP contribution in [0.25, 0.3) is 0 Å². The summed E-state index contributed by atoms with van der Waals surface area (Å²) in [6.45, 7) is 3.10. The molecule has 0 fully saturated rings. The molecule has 0 aromatic heterocycles. The number of carboxylic acid groups (broad SMARTS) is 1. The van der Waals surface area contributed by atoms with Gasteiger partial charge in [-0.05, 0) is 19.4 Å². The highest BCUT2D eigenvalue weighted by Crippen LogP contribution is 2.02. The standard InChI is InChI=1S/C11H12N2O3/c1-7-3-5-9(6-4-7)10(14)13-12-8(2)11(15)16/h3-6H,1-2H3,(H,13,14)(H,15,16)/p-2/b12-8-. The Morgan fingerprint density at radius 1 is 1.12 bits per heavy atom. The highest BCUT2D eigenvalue weighted by molar-refractivity contribution is 6.33. The number of aryl methyl sites for hydroxylation is 1. The van der Waals surface area contributed by atoms with E-state index in [9.17, 15) is 15.0 Å². The summed E-state index contributed by atoms with van der Waals surface area (Å²) >= 11 is 0. The molecule has 0 saturated heterocycles. The van der Waals surface area contributed by atoms with Crippen LogP contribution in [0.2, 0.25) is 0 Å². The van der Waals surface area contributed by atoms with Gasteiger partial charge in [0.25, 0.3) is 0 Å². The van der Waals surface area contributed by atoms with Crippen LogP contribution in [0, 0.1) is 6.92 Å². The van der Waals surface area contributed by atoms with Gasteiger partial charge in [-0.3, -0.25) is 0 Å². The Morgan fingerprint density at radius 3 is 2.19 bits per heavy atom. The number of rotatable bonds is 3. The van der Waals surface area contributed by atoms with Crippen LogP contribution < -0.4 is 10.2 Å². The van der Waals surface area contributed by atoms with Gasteiger partial charge in [0.1, 0.15) is 0 Å². The van der Waals surface area contributed by atoms with Gasteiger partial charge in [-0.25, -0.2) is 0 Å². The molecule has 84 valence electrons. The minimum Gasteiger partial charge on any atom is -0.857 e. The molecule has 0 amide bonds. The first-order chi connectivity index (χ1) is 7.50. The van der Waals surface area contributed by atoms with Gasteiger partial charge in [0.2, 0.25) is 0 Å². The molecule has 5 nitrogen and oxygen atoms in total. The van der Waals surface area contributed by atoms with Crippen LogP contribution in [-0.2, 0) is 4.79 Å². The molecule has 0 atom stereocenters. The molecule has 1 aromatic rings. The maximum absolute atomic E-state index is 11.4. The van der Waals surface area contributed by atoms with Crippen molar-refractivity contribution in [2.24, 2.45) is 10.2 Å². The number of hydrogen-bond donors (Lipinski definition) is 0. The van der Waals surface area contributed by atoms with E-state index in [4.69, 9.17) is 0 Å². The molecule has 5 heteroatoms. The molecular weight excluding hydrogens is 208 g/mol. The van der Waals surface area contributed by atoms with E-state index in [2.05, 4.69) is 10.2 Å². The highest BCUT2D eigenvalue weighted by atomic mass is 16.4. The molecule has 1 rings (SSSR count). The lowest BCUT2D eigenvalue weighted by Gasteiger charge is -2.08. The van der Waals surface area contributed by atoms with Crippen LogP contribution in [0.3, 0.4) is 0 Å². The fourth-order valence-electron chi connectivity index (χ4n) is 0.915. The molecule has 0 saturated carbocycles. The molecule has 0 spiro atoms. The topological polar surface area (TPSA) is 87.9 Å². The second-order valence-corrected chi connectivity index (χ2v) is 3.24. The first kappa shape index (κ1) is 11.9. The first-order valence-corrected chi connectivity index (χ1v) is 4.58. The van der Waals surface area contributed by atoms with E-state index in [1.165, 1.54) is 6.92 Å². The van der Waals surface area contributed by atoms with Crippen molar-refractivity contribution in [1.82, 2.24) is 0 Å². The predicted octanol–water partition coefficient (Wildman–Crippen LogP) is -0.772. The number of carboxylic acids is 1. The monoisotopic (exact) mass is 218 g/mol. The third-order valence-electron chi connectivity index (χ3n) is 1.88. The van der Waals surface area contributed by atoms with E-state index < -0.39 is 11.9 Å². The number of carbonyl (C=O) groups is 1. The summed E-state index contributed by atoms with van der Waals surface area (Å²) in [6, 6.07) is 6.73. The Bertz CT molecular complexity index is 447. The van der Waals surface area contributed by atoms with Crippen LogP contribution in [0.15, 0.2) is 34.5 Å². The quantitative estimate of drug-likeness (QED) is 0.379. The van der Waals surface area contributed by atoms with Gasteiger partial charge in [-0.15, -0.1) is 0 Å². The molecule has 0 bridgehead atoms. The zero-order chi connectivity index (χ0) is 12.1. The molecular formula is C11H10N2O3-2.